The van der Waals surface area contributed by atoms with Crippen molar-refractivity contribution in [1.29, 1.82) is 0 Å². The van der Waals surface area contributed by atoms with Gasteiger partial charge in [-0.25, -0.2) is 0 Å². The van der Waals surface area contributed by atoms with Crippen molar-refractivity contribution < 1.29 is 18.0 Å². The summed E-state index contributed by atoms with van der Waals surface area (Å²) >= 11 is 0. The Morgan fingerprint density at radius 2 is 1.59 bits per heavy atom. The van der Waals surface area contributed by atoms with Gasteiger partial charge in [0.15, 0.2) is 0 Å². The summed E-state index contributed by atoms with van der Waals surface area (Å²) < 4.78 is 38.2. The Morgan fingerprint density at radius 3 is 2.14 bits per heavy atom. The number of pyridine rings is 1. The number of H-pyrrole nitrogens is 1. The van der Waals surface area contributed by atoms with Gasteiger partial charge in [0.05, 0.1) is 6.04 Å². The van der Waals surface area contributed by atoms with Gasteiger partial charge in [-0.15, -0.1) is 0 Å². The number of carbonyl (C=O) groups excluding carboxylic acids is 1. The van der Waals surface area contributed by atoms with Crippen LogP contribution < -0.4 is 10.9 Å². The quantitative estimate of drug-likeness (QED) is 0.662. The molecule has 0 radical (unpaired) electrons. The summed E-state index contributed by atoms with van der Waals surface area (Å²) in [6, 6.07) is 17.3. The lowest BCUT2D eigenvalue weighted by molar-refractivity contribution is -0.141. The van der Waals surface area contributed by atoms with Crippen LogP contribution in [-0.4, -0.2) is 10.9 Å². The zero-order chi connectivity index (χ0) is 21.0. The van der Waals surface area contributed by atoms with Crippen molar-refractivity contribution in [2.45, 2.75) is 12.2 Å². The minimum Gasteiger partial charge on any atom is -0.341 e. The third-order valence-electron chi connectivity index (χ3n) is 4.37. The van der Waals surface area contributed by atoms with Crippen molar-refractivity contribution in [2.24, 2.45) is 0 Å². The van der Waals surface area contributed by atoms with E-state index in [1.807, 2.05) is 42.5 Å². The maximum atomic E-state index is 12.7. The number of alkyl halides is 3. The topological polar surface area (TPSA) is 62.0 Å². The molecule has 0 bridgehead atoms. The summed E-state index contributed by atoms with van der Waals surface area (Å²) in [5.41, 5.74) is -0.313. The molecule has 0 spiro atoms. The lowest BCUT2D eigenvalue weighted by Crippen LogP contribution is -2.34. The van der Waals surface area contributed by atoms with Gasteiger partial charge in [-0.2, -0.15) is 13.2 Å². The van der Waals surface area contributed by atoms with Crippen molar-refractivity contribution in [3.8, 4) is 0 Å². The molecule has 29 heavy (non-hydrogen) atoms. The van der Waals surface area contributed by atoms with E-state index in [4.69, 9.17) is 0 Å². The van der Waals surface area contributed by atoms with Crippen LogP contribution >= 0.6 is 0 Å². The van der Waals surface area contributed by atoms with E-state index in [2.05, 4.69) is 11.9 Å². The van der Waals surface area contributed by atoms with Crippen LogP contribution in [0.5, 0.6) is 0 Å². The molecule has 0 aliphatic rings. The lowest BCUT2D eigenvalue weighted by atomic mass is 9.97. The number of aromatic nitrogens is 1. The van der Waals surface area contributed by atoms with Gasteiger partial charge in [-0.3, -0.25) is 9.59 Å². The van der Waals surface area contributed by atoms with Gasteiger partial charge >= 0.3 is 6.18 Å². The van der Waals surface area contributed by atoms with E-state index in [0.717, 1.165) is 22.8 Å². The summed E-state index contributed by atoms with van der Waals surface area (Å²) in [7, 11) is 0. The highest BCUT2D eigenvalue weighted by atomic mass is 19.4. The molecule has 0 aliphatic heterocycles. The first-order chi connectivity index (χ1) is 13.8. The summed E-state index contributed by atoms with van der Waals surface area (Å²) in [4.78, 5) is 26.4. The normalized spacial score (nSPS) is 12.2. The third-order valence-corrected chi connectivity index (χ3v) is 4.37. The van der Waals surface area contributed by atoms with Crippen LogP contribution in [0.2, 0.25) is 0 Å². The Balaban J connectivity index is 1.94. The number of nitrogens with one attached hydrogen (secondary N) is 2. The van der Waals surface area contributed by atoms with Crippen LogP contribution in [0.1, 0.15) is 38.8 Å². The molecule has 2 N–H and O–H groups in total. The van der Waals surface area contributed by atoms with Crippen molar-refractivity contribution in [1.82, 2.24) is 10.3 Å². The average Bonchev–Trinajstić information content (AvgIpc) is 2.72. The number of aromatic amines is 1. The van der Waals surface area contributed by atoms with Crippen molar-refractivity contribution >= 4 is 12.0 Å². The Bertz CT molecular complexity index is 1070. The third kappa shape index (κ3) is 4.63. The Morgan fingerprint density at radius 1 is 0.966 bits per heavy atom. The monoisotopic (exact) mass is 398 g/mol. The van der Waals surface area contributed by atoms with Crippen molar-refractivity contribution in [3.63, 3.8) is 0 Å². The number of benzene rings is 2. The molecule has 1 amide bonds. The predicted octanol–water partition coefficient (Wildman–Crippen LogP) is 4.56. The smallest absolute Gasteiger partial charge is 0.341 e. The van der Waals surface area contributed by atoms with Crippen molar-refractivity contribution in [3.05, 3.63) is 112 Å². The standard InChI is InChI=1S/C22H17F3N2O2/c1-2-14-8-10-16(11-9-14)19(15-6-4-3-5-7-15)27-21(29)17-12-13-18(22(23,24)25)26-20(17)28/h2-13,19H,1H2,(H,26,28)(H,27,29). The molecule has 148 valence electrons. The molecule has 0 fully saturated rings. The molecule has 3 aromatic rings. The van der Waals surface area contributed by atoms with E-state index in [1.165, 1.54) is 0 Å². The van der Waals surface area contributed by atoms with Gasteiger partial charge in [0.2, 0.25) is 0 Å². The minimum absolute atomic E-state index is 0.401. The SMILES string of the molecule is C=Cc1ccc(C(NC(=O)c2ccc(C(F)(F)F)[nH]c2=O)c2ccccc2)cc1. The van der Waals surface area contributed by atoms with Gasteiger partial charge in [-0.05, 0) is 28.8 Å². The summed E-state index contributed by atoms with van der Waals surface area (Å²) in [6.45, 7) is 3.70. The molecule has 1 unspecified atom stereocenters. The van der Waals surface area contributed by atoms with E-state index in [-0.39, 0.29) is 0 Å². The molecule has 4 nitrogen and oxygen atoms in total. The summed E-state index contributed by atoms with van der Waals surface area (Å²) in [5.74, 6) is -0.776. The van der Waals surface area contributed by atoms with Gasteiger partial charge in [-0.1, -0.05) is 67.3 Å². The molecule has 1 atom stereocenters. The molecule has 0 saturated heterocycles. The number of amides is 1. The van der Waals surface area contributed by atoms with Gasteiger partial charge in [0, 0.05) is 0 Å². The van der Waals surface area contributed by atoms with Crippen LogP contribution in [0.4, 0.5) is 13.2 Å². The summed E-state index contributed by atoms with van der Waals surface area (Å²) in [5, 5.41) is 2.74. The highest BCUT2D eigenvalue weighted by Crippen LogP contribution is 2.27. The Kier molecular flexibility index (Phi) is 5.68. The Hall–Kier alpha value is -3.61. The fourth-order valence-electron chi connectivity index (χ4n) is 2.86. The predicted molar refractivity (Wildman–Crippen MR) is 104 cm³/mol. The first-order valence-corrected chi connectivity index (χ1v) is 8.68. The first kappa shape index (κ1) is 20.1. The molecule has 1 heterocycles. The largest absolute Gasteiger partial charge is 0.431 e. The van der Waals surface area contributed by atoms with Crippen LogP contribution in [-0.2, 0) is 6.18 Å². The molecular weight excluding hydrogens is 381 g/mol. The van der Waals surface area contributed by atoms with E-state index in [0.29, 0.717) is 6.07 Å². The second-order valence-electron chi connectivity index (χ2n) is 6.30. The highest BCUT2D eigenvalue weighted by molar-refractivity contribution is 5.94. The van der Waals surface area contributed by atoms with Crippen LogP contribution in [0.3, 0.4) is 0 Å². The molecule has 2 aromatic carbocycles. The van der Waals surface area contributed by atoms with Gasteiger partial charge in [0.1, 0.15) is 11.3 Å². The number of carbonyl (C=O) groups is 1. The second kappa shape index (κ2) is 8.18. The second-order valence-corrected chi connectivity index (χ2v) is 6.30. The summed E-state index contributed by atoms with van der Waals surface area (Å²) in [6.07, 6.45) is -3.02. The Labute approximate surface area is 164 Å². The zero-order valence-corrected chi connectivity index (χ0v) is 15.2. The van der Waals surface area contributed by atoms with E-state index in [9.17, 15) is 22.8 Å². The first-order valence-electron chi connectivity index (χ1n) is 8.68. The maximum Gasteiger partial charge on any atom is 0.431 e. The van der Waals surface area contributed by atoms with E-state index >= 15 is 0 Å². The number of halogens is 3. The number of rotatable bonds is 5. The molecule has 0 saturated carbocycles. The van der Waals surface area contributed by atoms with Crippen LogP contribution in [0, 0.1) is 0 Å². The average molecular weight is 398 g/mol. The van der Waals surface area contributed by atoms with E-state index < -0.39 is 34.9 Å². The number of hydrogen-bond acceptors (Lipinski definition) is 2. The zero-order valence-electron chi connectivity index (χ0n) is 15.2. The lowest BCUT2D eigenvalue weighted by Gasteiger charge is -2.20. The van der Waals surface area contributed by atoms with E-state index in [1.54, 1.807) is 23.2 Å². The van der Waals surface area contributed by atoms with Crippen LogP contribution in [0.15, 0.2) is 78.1 Å². The maximum absolute atomic E-state index is 12.7. The van der Waals surface area contributed by atoms with Crippen LogP contribution in [0.25, 0.3) is 6.08 Å². The fraction of sp³-hybridized carbons (Fsp3) is 0.0909. The molecule has 1 aromatic heterocycles. The molecular formula is C22H17F3N2O2. The van der Waals surface area contributed by atoms with Gasteiger partial charge < -0.3 is 10.3 Å². The minimum atomic E-state index is -4.70. The molecule has 7 heteroatoms. The number of hydrogen-bond donors (Lipinski definition) is 2. The molecule has 0 aliphatic carbocycles. The highest BCUT2D eigenvalue weighted by Gasteiger charge is 2.32. The molecule has 3 rings (SSSR count). The van der Waals surface area contributed by atoms with Crippen molar-refractivity contribution in [2.75, 3.05) is 0 Å². The fourth-order valence-corrected chi connectivity index (χ4v) is 2.86. The van der Waals surface area contributed by atoms with Gasteiger partial charge in [0.25, 0.3) is 11.5 Å².